The van der Waals surface area contributed by atoms with Crippen molar-refractivity contribution < 1.29 is 4.74 Å². The number of halogens is 3. The van der Waals surface area contributed by atoms with Crippen LogP contribution in [0.1, 0.15) is 0 Å². The Balaban J connectivity index is 2.38. The van der Waals surface area contributed by atoms with E-state index in [1.807, 2.05) is 0 Å². The average Bonchev–Trinajstić information content (AvgIpc) is 2.39. The minimum Gasteiger partial charge on any atom is -0.339 e. The number of hydrogen-bond donors (Lipinski definition) is 0. The summed E-state index contributed by atoms with van der Waals surface area (Å²) in [5.74, 6) is 0. The third kappa shape index (κ3) is 0.892. The van der Waals surface area contributed by atoms with Gasteiger partial charge in [0, 0.05) is 5.03 Å². The number of fused-ring (bicyclic) bond motifs is 1. The fourth-order valence-corrected chi connectivity index (χ4v) is 2.03. The minimum atomic E-state index is -0.733. The monoisotopic (exact) mass is 196 g/mol. The standard InChI is InChI=1S/C6H3Cl3O/c7-3-1-4(8)5-6(9,2-3)10-5/h1-2,5H. The van der Waals surface area contributed by atoms with Gasteiger partial charge in [0.2, 0.25) is 0 Å². The lowest BCUT2D eigenvalue weighted by Gasteiger charge is -2.02. The van der Waals surface area contributed by atoms with Crippen LogP contribution in [0.2, 0.25) is 0 Å². The van der Waals surface area contributed by atoms with E-state index in [4.69, 9.17) is 39.5 Å². The first kappa shape index (κ1) is 6.99. The first-order valence-corrected chi connectivity index (χ1v) is 3.87. The summed E-state index contributed by atoms with van der Waals surface area (Å²) in [7, 11) is 0. The number of hydrogen-bond acceptors (Lipinski definition) is 1. The number of rotatable bonds is 0. The third-order valence-corrected chi connectivity index (χ3v) is 2.38. The van der Waals surface area contributed by atoms with Gasteiger partial charge in [-0.05, 0) is 12.2 Å². The Morgan fingerprint density at radius 2 is 2.20 bits per heavy atom. The van der Waals surface area contributed by atoms with E-state index >= 15 is 0 Å². The largest absolute Gasteiger partial charge is 0.339 e. The van der Waals surface area contributed by atoms with Gasteiger partial charge in [-0.15, -0.1) is 0 Å². The number of allylic oxidation sites excluding steroid dienone is 2. The van der Waals surface area contributed by atoms with Crippen molar-refractivity contribution >= 4 is 34.8 Å². The van der Waals surface area contributed by atoms with Crippen LogP contribution in [0.4, 0.5) is 0 Å². The van der Waals surface area contributed by atoms with Crippen LogP contribution in [-0.4, -0.2) is 11.2 Å². The number of epoxide rings is 1. The van der Waals surface area contributed by atoms with Crippen molar-refractivity contribution in [1.82, 2.24) is 0 Å². The van der Waals surface area contributed by atoms with Crippen molar-refractivity contribution in [1.29, 1.82) is 0 Å². The van der Waals surface area contributed by atoms with Crippen LogP contribution < -0.4 is 0 Å². The maximum absolute atomic E-state index is 5.83. The van der Waals surface area contributed by atoms with Crippen molar-refractivity contribution in [2.75, 3.05) is 0 Å². The van der Waals surface area contributed by atoms with Crippen molar-refractivity contribution in [3.8, 4) is 0 Å². The van der Waals surface area contributed by atoms with Crippen molar-refractivity contribution in [3.05, 3.63) is 22.2 Å². The summed E-state index contributed by atoms with van der Waals surface area (Å²) in [5.41, 5.74) is 0. The van der Waals surface area contributed by atoms with Gasteiger partial charge >= 0.3 is 0 Å². The van der Waals surface area contributed by atoms with Crippen molar-refractivity contribution in [2.45, 2.75) is 11.2 Å². The zero-order valence-electron chi connectivity index (χ0n) is 4.77. The first-order valence-electron chi connectivity index (χ1n) is 2.74. The van der Waals surface area contributed by atoms with E-state index in [1.165, 1.54) is 0 Å². The number of alkyl halides is 1. The van der Waals surface area contributed by atoms with Gasteiger partial charge in [0.15, 0.2) is 5.06 Å². The molecule has 1 aliphatic heterocycles. The third-order valence-electron chi connectivity index (χ3n) is 1.46. The SMILES string of the molecule is ClC1=CC2(Cl)OC2C(Cl)=C1. The Bertz CT molecular complexity index is 245. The Labute approximate surface area is 73.2 Å². The number of ether oxygens (including phenoxy) is 1. The molecule has 4 heteroatoms. The normalized spacial score (nSPS) is 43.7. The summed E-state index contributed by atoms with van der Waals surface area (Å²) >= 11 is 17.2. The second-order valence-electron chi connectivity index (χ2n) is 2.25. The van der Waals surface area contributed by atoms with Gasteiger partial charge in [-0.25, -0.2) is 0 Å². The fourth-order valence-electron chi connectivity index (χ4n) is 0.938. The Kier molecular flexibility index (Phi) is 1.34. The van der Waals surface area contributed by atoms with Gasteiger partial charge in [-0.1, -0.05) is 34.8 Å². The molecule has 2 unspecified atom stereocenters. The molecule has 2 atom stereocenters. The van der Waals surface area contributed by atoms with Crippen LogP contribution in [0.15, 0.2) is 22.2 Å². The molecule has 0 N–H and O–H groups in total. The molecule has 1 aliphatic carbocycles. The lowest BCUT2D eigenvalue weighted by Crippen LogP contribution is -2.06. The zero-order chi connectivity index (χ0) is 7.35. The van der Waals surface area contributed by atoms with Crippen LogP contribution in [0.25, 0.3) is 0 Å². The van der Waals surface area contributed by atoms with Gasteiger partial charge in [0.05, 0.1) is 5.03 Å². The molecular formula is C6H3Cl3O. The van der Waals surface area contributed by atoms with Crippen molar-refractivity contribution in [2.24, 2.45) is 0 Å². The van der Waals surface area contributed by atoms with Crippen LogP contribution in [0, 0.1) is 0 Å². The summed E-state index contributed by atoms with van der Waals surface area (Å²) in [6.07, 6.45) is 3.12. The van der Waals surface area contributed by atoms with Crippen LogP contribution >= 0.6 is 34.8 Å². The molecule has 2 aliphatic rings. The molecular weight excluding hydrogens is 194 g/mol. The van der Waals surface area contributed by atoms with E-state index in [0.717, 1.165) is 0 Å². The fraction of sp³-hybridized carbons (Fsp3) is 0.333. The lowest BCUT2D eigenvalue weighted by molar-refractivity contribution is 0.394. The Morgan fingerprint density at radius 1 is 1.50 bits per heavy atom. The summed E-state index contributed by atoms with van der Waals surface area (Å²) in [6.45, 7) is 0. The molecule has 0 amide bonds. The maximum atomic E-state index is 5.83. The van der Waals surface area contributed by atoms with Gasteiger partial charge < -0.3 is 4.74 Å². The maximum Gasteiger partial charge on any atom is 0.194 e. The molecule has 0 radical (unpaired) electrons. The quantitative estimate of drug-likeness (QED) is 0.429. The molecule has 0 spiro atoms. The topological polar surface area (TPSA) is 12.5 Å². The summed E-state index contributed by atoms with van der Waals surface area (Å²) in [6, 6.07) is 0. The zero-order valence-corrected chi connectivity index (χ0v) is 7.04. The Morgan fingerprint density at radius 3 is 2.80 bits per heavy atom. The second-order valence-corrected chi connectivity index (χ2v) is 3.72. The molecule has 0 aromatic carbocycles. The predicted molar refractivity (Wildman–Crippen MR) is 41.3 cm³/mol. The van der Waals surface area contributed by atoms with Gasteiger partial charge in [-0.2, -0.15) is 0 Å². The molecule has 1 fully saturated rings. The molecule has 54 valence electrons. The van der Waals surface area contributed by atoms with E-state index < -0.39 is 5.06 Å². The molecule has 2 rings (SSSR count). The highest BCUT2D eigenvalue weighted by Gasteiger charge is 2.57. The average molecular weight is 197 g/mol. The van der Waals surface area contributed by atoms with E-state index in [2.05, 4.69) is 0 Å². The van der Waals surface area contributed by atoms with Gasteiger partial charge in [0.1, 0.15) is 6.10 Å². The summed E-state index contributed by atoms with van der Waals surface area (Å²) in [4.78, 5) is 0. The smallest absolute Gasteiger partial charge is 0.194 e. The molecule has 0 bridgehead atoms. The highest BCUT2D eigenvalue weighted by atomic mass is 35.5. The van der Waals surface area contributed by atoms with E-state index in [0.29, 0.717) is 10.1 Å². The summed E-state index contributed by atoms with van der Waals surface area (Å²) < 4.78 is 5.05. The Hall–Kier alpha value is 0.310. The van der Waals surface area contributed by atoms with Crippen molar-refractivity contribution in [3.63, 3.8) is 0 Å². The molecule has 1 saturated heterocycles. The van der Waals surface area contributed by atoms with Gasteiger partial charge in [-0.3, -0.25) is 0 Å². The molecule has 0 saturated carbocycles. The molecule has 0 aromatic rings. The van der Waals surface area contributed by atoms with E-state index in [-0.39, 0.29) is 6.10 Å². The predicted octanol–water partition coefficient (Wildman–Crippen LogP) is 2.58. The molecule has 1 heterocycles. The van der Waals surface area contributed by atoms with Gasteiger partial charge in [0.25, 0.3) is 0 Å². The summed E-state index contributed by atoms with van der Waals surface area (Å²) in [5, 5.41) is 0.374. The minimum absolute atomic E-state index is 0.168. The second kappa shape index (κ2) is 1.92. The first-order chi connectivity index (χ1) is 4.62. The van der Waals surface area contributed by atoms with Crippen LogP contribution in [0.5, 0.6) is 0 Å². The van der Waals surface area contributed by atoms with E-state index in [9.17, 15) is 0 Å². The van der Waals surface area contributed by atoms with Crippen LogP contribution in [-0.2, 0) is 4.74 Å². The highest BCUT2D eigenvalue weighted by molar-refractivity contribution is 6.38. The molecule has 0 aromatic heterocycles. The highest BCUT2D eigenvalue weighted by Crippen LogP contribution is 2.51. The molecule has 10 heavy (non-hydrogen) atoms. The lowest BCUT2D eigenvalue weighted by atomic mass is 10.2. The molecule has 1 nitrogen and oxygen atoms in total. The van der Waals surface area contributed by atoms with Crippen LogP contribution in [0.3, 0.4) is 0 Å². The van der Waals surface area contributed by atoms with E-state index in [1.54, 1.807) is 12.2 Å².